The Bertz CT molecular complexity index is 604. The lowest BCUT2D eigenvalue weighted by atomic mass is 9.86. The maximum atomic E-state index is 12.4. The second-order valence-electron chi connectivity index (χ2n) is 6.68. The Morgan fingerprint density at radius 2 is 2.05 bits per heavy atom. The number of nitrogens with zero attached hydrogens (tertiary/aromatic N) is 1. The van der Waals surface area contributed by atoms with Crippen molar-refractivity contribution in [2.75, 3.05) is 4.90 Å². The summed E-state index contributed by atoms with van der Waals surface area (Å²) >= 11 is 0. The number of carbonyl (C=O) groups excluding carboxylic acids is 1. The third-order valence-electron chi connectivity index (χ3n) is 4.35. The zero-order valence-electron chi connectivity index (χ0n) is 14.2. The van der Waals surface area contributed by atoms with Crippen LogP contribution >= 0.6 is 0 Å². The van der Waals surface area contributed by atoms with Gasteiger partial charge < -0.3 is 4.90 Å². The van der Waals surface area contributed by atoms with Gasteiger partial charge in [-0.15, -0.1) is 0 Å². The fourth-order valence-corrected chi connectivity index (χ4v) is 3.48. The molecule has 2 rings (SSSR count). The van der Waals surface area contributed by atoms with Crippen LogP contribution in [0.2, 0.25) is 0 Å². The Morgan fingerprint density at radius 1 is 1.36 bits per heavy atom. The smallest absolute Gasteiger partial charge is 0.256 e. The average molecular weight is 301 g/mol. The first-order chi connectivity index (χ1) is 10.3. The fraction of sp³-hybridized carbons (Fsp3) is 0.500. The third-order valence-corrected chi connectivity index (χ3v) is 4.35. The van der Waals surface area contributed by atoms with Crippen LogP contribution in [0.5, 0.6) is 0 Å². The molecule has 0 aliphatic carbocycles. The molecule has 4 heteroatoms. The van der Waals surface area contributed by atoms with Gasteiger partial charge in [0.15, 0.2) is 0 Å². The van der Waals surface area contributed by atoms with Crippen LogP contribution < -0.4 is 16.2 Å². The molecule has 120 valence electrons. The molecule has 1 aromatic rings. The van der Waals surface area contributed by atoms with Crippen LogP contribution in [-0.4, -0.2) is 17.5 Å². The van der Waals surface area contributed by atoms with Gasteiger partial charge in [-0.1, -0.05) is 31.6 Å². The molecule has 0 fully saturated rings. The lowest BCUT2D eigenvalue weighted by Gasteiger charge is -2.47. The number of hydrazine groups is 1. The summed E-state index contributed by atoms with van der Waals surface area (Å²) in [5.74, 6) is 5.30. The van der Waals surface area contributed by atoms with Gasteiger partial charge in [0.1, 0.15) is 6.04 Å². The highest BCUT2D eigenvalue weighted by molar-refractivity contribution is 5.89. The van der Waals surface area contributed by atoms with Gasteiger partial charge in [-0.2, -0.15) is 0 Å². The van der Waals surface area contributed by atoms with Crippen molar-refractivity contribution in [1.29, 1.82) is 0 Å². The van der Waals surface area contributed by atoms with Crippen LogP contribution in [0.15, 0.2) is 24.3 Å². The largest absolute Gasteiger partial charge is 0.350 e. The summed E-state index contributed by atoms with van der Waals surface area (Å²) in [5, 5.41) is 0. The fourth-order valence-electron chi connectivity index (χ4n) is 3.48. The van der Waals surface area contributed by atoms with Crippen molar-refractivity contribution in [2.24, 2.45) is 5.84 Å². The molecule has 0 unspecified atom stereocenters. The number of allylic oxidation sites excluding steroid dienone is 1. The number of amides is 1. The lowest BCUT2D eigenvalue weighted by molar-refractivity contribution is -0.122. The molecule has 3 N–H and O–H groups in total. The Hall–Kier alpha value is -1.81. The summed E-state index contributed by atoms with van der Waals surface area (Å²) in [5.41, 5.74) is 6.85. The van der Waals surface area contributed by atoms with E-state index in [0.717, 1.165) is 18.5 Å². The molecule has 4 nitrogen and oxygen atoms in total. The van der Waals surface area contributed by atoms with Crippen LogP contribution in [0, 0.1) is 6.92 Å². The highest BCUT2D eigenvalue weighted by Gasteiger charge is 2.38. The Morgan fingerprint density at radius 3 is 2.64 bits per heavy atom. The van der Waals surface area contributed by atoms with Crippen LogP contribution in [0.3, 0.4) is 0 Å². The highest BCUT2D eigenvalue weighted by atomic mass is 16.2. The molecule has 1 aliphatic heterocycles. The monoisotopic (exact) mass is 301 g/mol. The number of aryl methyl sites for hydroxylation is 1. The second kappa shape index (κ2) is 6.13. The number of anilines is 1. The van der Waals surface area contributed by atoms with Crippen molar-refractivity contribution in [3.63, 3.8) is 0 Å². The summed E-state index contributed by atoms with van der Waals surface area (Å²) in [4.78, 5) is 14.6. The summed E-state index contributed by atoms with van der Waals surface area (Å²) < 4.78 is 0. The average Bonchev–Trinajstić information content (AvgIpc) is 2.44. The molecule has 1 aliphatic rings. The molecule has 0 saturated heterocycles. The lowest BCUT2D eigenvalue weighted by Crippen LogP contribution is -2.57. The van der Waals surface area contributed by atoms with Crippen LogP contribution in [-0.2, 0) is 4.79 Å². The van der Waals surface area contributed by atoms with E-state index in [-0.39, 0.29) is 17.5 Å². The molecule has 22 heavy (non-hydrogen) atoms. The number of hydrogen-bond acceptors (Lipinski definition) is 3. The zero-order valence-corrected chi connectivity index (χ0v) is 14.2. The molecular formula is C18H27N3O. The SMILES string of the molecule is CCC[C@@H](C(=O)NN)N1c2cc(C)ccc2C(C)=CC1(C)C. The first-order valence-electron chi connectivity index (χ1n) is 7.92. The van der Waals surface area contributed by atoms with Crippen molar-refractivity contribution in [3.05, 3.63) is 35.4 Å². The van der Waals surface area contributed by atoms with Gasteiger partial charge in [-0.25, -0.2) is 5.84 Å². The van der Waals surface area contributed by atoms with E-state index in [4.69, 9.17) is 5.84 Å². The summed E-state index contributed by atoms with van der Waals surface area (Å²) in [6, 6.07) is 6.15. The molecule has 1 atom stereocenters. The van der Waals surface area contributed by atoms with Crippen molar-refractivity contribution in [3.8, 4) is 0 Å². The number of nitrogens with one attached hydrogen (secondary N) is 1. The predicted octanol–water partition coefficient (Wildman–Crippen LogP) is 3.16. The summed E-state index contributed by atoms with van der Waals surface area (Å²) in [7, 11) is 0. The van der Waals surface area contributed by atoms with E-state index in [1.165, 1.54) is 16.7 Å². The number of nitrogens with two attached hydrogens (primary N) is 1. The number of carbonyl (C=O) groups is 1. The van der Waals surface area contributed by atoms with E-state index in [9.17, 15) is 4.79 Å². The molecule has 0 aromatic heterocycles. The quantitative estimate of drug-likeness (QED) is 0.510. The van der Waals surface area contributed by atoms with Crippen molar-refractivity contribution in [2.45, 2.75) is 59.0 Å². The zero-order chi connectivity index (χ0) is 16.5. The minimum absolute atomic E-state index is 0.129. The van der Waals surface area contributed by atoms with Gasteiger partial charge in [0.25, 0.3) is 5.91 Å². The standard InChI is InChI=1S/C18H27N3O/c1-6-7-15(17(22)20-19)21-16-10-12(2)8-9-14(16)13(3)11-18(21,4)5/h8-11,15H,6-7,19H2,1-5H3,(H,20,22)/t15-/m0/s1. The van der Waals surface area contributed by atoms with Gasteiger partial charge >= 0.3 is 0 Å². The molecule has 0 spiro atoms. The van der Waals surface area contributed by atoms with E-state index in [2.05, 4.69) is 69.2 Å². The normalized spacial score (nSPS) is 17.5. The maximum absolute atomic E-state index is 12.4. The van der Waals surface area contributed by atoms with Gasteiger partial charge in [-0.3, -0.25) is 10.2 Å². The van der Waals surface area contributed by atoms with E-state index in [0.29, 0.717) is 0 Å². The van der Waals surface area contributed by atoms with Gasteiger partial charge in [0, 0.05) is 11.3 Å². The molecule has 0 bridgehead atoms. The van der Waals surface area contributed by atoms with Crippen molar-refractivity contribution >= 4 is 17.2 Å². The molecule has 1 amide bonds. The summed E-state index contributed by atoms with van der Waals surface area (Å²) in [6.45, 7) is 10.6. The van der Waals surface area contributed by atoms with Gasteiger partial charge in [0.05, 0.1) is 5.54 Å². The van der Waals surface area contributed by atoms with E-state index >= 15 is 0 Å². The Kier molecular flexibility index (Phi) is 4.61. The first kappa shape index (κ1) is 16.6. The Balaban J connectivity index is 2.61. The first-order valence-corrected chi connectivity index (χ1v) is 7.92. The van der Waals surface area contributed by atoms with Crippen molar-refractivity contribution in [1.82, 2.24) is 5.43 Å². The summed E-state index contributed by atoms with van der Waals surface area (Å²) in [6.07, 6.45) is 3.93. The number of rotatable bonds is 4. The van der Waals surface area contributed by atoms with Crippen molar-refractivity contribution < 1.29 is 4.79 Å². The Labute approximate surface area is 133 Å². The molecule has 1 heterocycles. The number of fused-ring (bicyclic) bond motifs is 1. The van der Waals surface area contributed by atoms with E-state index in [1.807, 2.05) is 0 Å². The van der Waals surface area contributed by atoms with Crippen LogP contribution in [0.1, 0.15) is 51.7 Å². The van der Waals surface area contributed by atoms with Gasteiger partial charge in [0.2, 0.25) is 0 Å². The van der Waals surface area contributed by atoms with Crippen LogP contribution in [0.25, 0.3) is 5.57 Å². The number of benzene rings is 1. The number of hydrogen-bond donors (Lipinski definition) is 2. The second-order valence-corrected chi connectivity index (χ2v) is 6.68. The predicted molar refractivity (Wildman–Crippen MR) is 92.4 cm³/mol. The van der Waals surface area contributed by atoms with E-state index < -0.39 is 0 Å². The highest BCUT2D eigenvalue weighted by Crippen LogP contribution is 2.41. The van der Waals surface area contributed by atoms with E-state index in [1.54, 1.807) is 0 Å². The topological polar surface area (TPSA) is 58.4 Å². The molecule has 1 aromatic carbocycles. The maximum Gasteiger partial charge on any atom is 0.256 e. The van der Waals surface area contributed by atoms with Gasteiger partial charge in [-0.05, 0) is 51.3 Å². The minimum atomic E-state index is -0.269. The molecule has 0 saturated carbocycles. The molecular weight excluding hydrogens is 274 g/mol. The third kappa shape index (κ3) is 2.88. The minimum Gasteiger partial charge on any atom is -0.350 e. The molecule has 0 radical (unpaired) electrons. The van der Waals surface area contributed by atoms with Crippen LogP contribution in [0.4, 0.5) is 5.69 Å².